The molecular formula is C16H22N4O. The van der Waals surface area contributed by atoms with E-state index in [4.69, 9.17) is 5.11 Å². The maximum Gasteiger partial charge on any atom is 0.165 e. The summed E-state index contributed by atoms with van der Waals surface area (Å²) < 4.78 is 1.83. The first-order valence-electron chi connectivity index (χ1n) is 7.67. The van der Waals surface area contributed by atoms with Crippen molar-refractivity contribution < 1.29 is 5.11 Å². The van der Waals surface area contributed by atoms with E-state index >= 15 is 0 Å². The Morgan fingerprint density at radius 3 is 2.71 bits per heavy atom. The lowest BCUT2D eigenvalue weighted by atomic mass is 10.3. The average molecular weight is 286 g/mol. The zero-order valence-electron chi connectivity index (χ0n) is 12.2. The van der Waals surface area contributed by atoms with Crippen LogP contribution >= 0.6 is 0 Å². The lowest BCUT2D eigenvalue weighted by Crippen LogP contribution is -2.27. The summed E-state index contributed by atoms with van der Waals surface area (Å²) in [7, 11) is 0. The van der Waals surface area contributed by atoms with E-state index in [1.807, 2.05) is 35.0 Å². The maximum atomic E-state index is 8.91. The molecule has 1 aliphatic carbocycles. The molecule has 0 aliphatic heterocycles. The Morgan fingerprint density at radius 1 is 1.19 bits per heavy atom. The second kappa shape index (κ2) is 6.83. The monoisotopic (exact) mass is 286 g/mol. The molecule has 0 radical (unpaired) electrons. The van der Waals surface area contributed by atoms with E-state index in [0.717, 1.165) is 37.4 Å². The van der Waals surface area contributed by atoms with E-state index in [2.05, 4.69) is 15.0 Å². The molecule has 1 aromatic carbocycles. The first kappa shape index (κ1) is 14.2. The van der Waals surface area contributed by atoms with E-state index in [1.54, 1.807) is 6.33 Å². The minimum atomic E-state index is 0.277. The quantitative estimate of drug-likeness (QED) is 0.754. The van der Waals surface area contributed by atoms with E-state index < -0.39 is 0 Å². The number of rotatable bonds is 8. The van der Waals surface area contributed by atoms with Crippen LogP contribution in [0.3, 0.4) is 0 Å². The Kier molecular flexibility index (Phi) is 4.62. The third-order valence-corrected chi connectivity index (χ3v) is 3.82. The molecule has 1 fully saturated rings. The second-order valence-corrected chi connectivity index (χ2v) is 5.57. The number of nitrogens with zero attached hydrogens (tertiary/aromatic N) is 4. The summed E-state index contributed by atoms with van der Waals surface area (Å²) >= 11 is 0. The highest BCUT2D eigenvalue weighted by Gasteiger charge is 2.29. The number of hydrogen-bond donors (Lipinski definition) is 1. The molecule has 1 N–H and O–H groups in total. The molecule has 1 aromatic heterocycles. The molecule has 5 heteroatoms. The number of aliphatic hydroxyl groups excluding tert-OH is 1. The molecule has 0 atom stereocenters. The Bertz CT molecular complexity index is 550. The van der Waals surface area contributed by atoms with Crippen LogP contribution < -0.4 is 0 Å². The van der Waals surface area contributed by atoms with Gasteiger partial charge in [0.15, 0.2) is 5.82 Å². The Balaban J connectivity index is 1.62. The van der Waals surface area contributed by atoms with Crippen molar-refractivity contribution in [2.24, 2.45) is 0 Å². The van der Waals surface area contributed by atoms with Crippen molar-refractivity contribution in [1.82, 2.24) is 19.7 Å². The predicted molar refractivity (Wildman–Crippen MR) is 81.1 cm³/mol. The molecule has 0 spiro atoms. The first-order chi connectivity index (χ1) is 10.4. The molecule has 0 unspecified atom stereocenters. The predicted octanol–water partition coefficient (Wildman–Crippen LogP) is 2.00. The minimum Gasteiger partial charge on any atom is -0.396 e. The molecule has 112 valence electrons. The highest BCUT2D eigenvalue weighted by atomic mass is 16.2. The van der Waals surface area contributed by atoms with Gasteiger partial charge in [-0.3, -0.25) is 4.90 Å². The van der Waals surface area contributed by atoms with E-state index in [1.165, 1.54) is 12.8 Å². The maximum absolute atomic E-state index is 8.91. The highest BCUT2D eigenvalue weighted by Crippen LogP contribution is 2.28. The van der Waals surface area contributed by atoms with Crippen molar-refractivity contribution in [2.45, 2.75) is 38.3 Å². The fourth-order valence-electron chi connectivity index (χ4n) is 2.51. The van der Waals surface area contributed by atoms with Crippen LogP contribution in [0.2, 0.25) is 0 Å². The average Bonchev–Trinajstić information content (AvgIpc) is 3.27. The van der Waals surface area contributed by atoms with Crippen molar-refractivity contribution in [3.8, 4) is 5.69 Å². The number of unbranched alkanes of at least 4 members (excludes halogenated alkanes) is 1. The number of benzene rings is 1. The molecular weight excluding hydrogens is 264 g/mol. The highest BCUT2D eigenvalue weighted by molar-refractivity contribution is 5.29. The van der Waals surface area contributed by atoms with Gasteiger partial charge < -0.3 is 5.11 Å². The zero-order valence-corrected chi connectivity index (χ0v) is 12.2. The summed E-state index contributed by atoms with van der Waals surface area (Å²) in [5, 5.41) is 13.5. The van der Waals surface area contributed by atoms with Gasteiger partial charge in [0.05, 0.1) is 12.2 Å². The number of hydrogen-bond acceptors (Lipinski definition) is 4. The molecule has 0 amide bonds. The van der Waals surface area contributed by atoms with Gasteiger partial charge >= 0.3 is 0 Å². The number of para-hydroxylation sites is 1. The lowest BCUT2D eigenvalue weighted by molar-refractivity contribution is 0.225. The van der Waals surface area contributed by atoms with Gasteiger partial charge in [0.25, 0.3) is 0 Å². The largest absolute Gasteiger partial charge is 0.396 e. The third-order valence-electron chi connectivity index (χ3n) is 3.82. The summed E-state index contributed by atoms with van der Waals surface area (Å²) in [6.07, 6.45) is 6.24. The van der Waals surface area contributed by atoms with Crippen LogP contribution in [0.4, 0.5) is 0 Å². The molecule has 5 nitrogen and oxygen atoms in total. The van der Waals surface area contributed by atoms with Crippen molar-refractivity contribution in [3.05, 3.63) is 42.5 Å². The lowest BCUT2D eigenvalue weighted by Gasteiger charge is -2.19. The van der Waals surface area contributed by atoms with Crippen LogP contribution in [0.5, 0.6) is 0 Å². The number of aromatic nitrogens is 3. The van der Waals surface area contributed by atoms with Crippen LogP contribution in [0.1, 0.15) is 31.5 Å². The summed E-state index contributed by atoms with van der Waals surface area (Å²) in [5.41, 5.74) is 1.04. The zero-order chi connectivity index (χ0) is 14.5. The van der Waals surface area contributed by atoms with Crippen LogP contribution in [0.25, 0.3) is 5.69 Å². The van der Waals surface area contributed by atoms with Crippen molar-refractivity contribution in [2.75, 3.05) is 13.2 Å². The molecule has 0 bridgehead atoms. The summed E-state index contributed by atoms with van der Waals surface area (Å²) in [6.45, 7) is 2.10. The first-order valence-corrected chi connectivity index (χ1v) is 7.67. The van der Waals surface area contributed by atoms with Crippen molar-refractivity contribution in [3.63, 3.8) is 0 Å². The van der Waals surface area contributed by atoms with Crippen LogP contribution in [0, 0.1) is 0 Å². The molecule has 1 saturated carbocycles. The Labute approximate surface area is 125 Å². The number of aliphatic hydroxyl groups is 1. The van der Waals surface area contributed by atoms with Crippen LogP contribution in [-0.2, 0) is 6.54 Å². The Morgan fingerprint density at radius 2 is 2.00 bits per heavy atom. The van der Waals surface area contributed by atoms with Crippen LogP contribution in [0.15, 0.2) is 36.7 Å². The molecule has 21 heavy (non-hydrogen) atoms. The standard InChI is InChI=1S/C16H22N4O/c21-11-5-4-10-19(14-8-9-14)12-16-17-13-20(18-16)15-6-2-1-3-7-15/h1-3,6-7,13-14,21H,4-5,8-12H2. The smallest absolute Gasteiger partial charge is 0.165 e. The SMILES string of the molecule is OCCCCN(Cc1ncn(-c2ccccc2)n1)C1CC1. The fraction of sp³-hybridized carbons (Fsp3) is 0.500. The van der Waals surface area contributed by atoms with Gasteiger partial charge in [-0.15, -0.1) is 5.10 Å². The molecule has 1 aliphatic rings. The summed E-state index contributed by atoms with van der Waals surface area (Å²) in [6, 6.07) is 10.7. The van der Waals surface area contributed by atoms with Crippen molar-refractivity contribution >= 4 is 0 Å². The van der Waals surface area contributed by atoms with Gasteiger partial charge in [0, 0.05) is 12.6 Å². The molecule has 3 rings (SSSR count). The summed E-state index contributed by atoms with van der Waals surface area (Å²) in [4.78, 5) is 6.88. The third kappa shape index (κ3) is 3.89. The topological polar surface area (TPSA) is 54.2 Å². The van der Waals surface area contributed by atoms with E-state index in [0.29, 0.717) is 6.04 Å². The van der Waals surface area contributed by atoms with Gasteiger partial charge in [0.2, 0.25) is 0 Å². The van der Waals surface area contributed by atoms with Gasteiger partial charge in [-0.05, 0) is 44.4 Å². The second-order valence-electron chi connectivity index (χ2n) is 5.57. The molecule has 1 heterocycles. The van der Waals surface area contributed by atoms with Gasteiger partial charge in [-0.2, -0.15) is 0 Å². The summed E-state index contributed by atoms with van der Waals surface area (Å²) in [5.74, 6) is 0.870. The molecule has 0 saturated heterocycles. The van der Waals surface area contributed by atoms with Gasteiger partial charge in [-0.25, -0.2) is 9.67 Å². The normalized spacial score (nSPS) is 14.8. The van der Waals surface area contributed by atoms with E-state index in [9.17, 15) is 0 Å². The Hall–Kier alpha value is -1.72. The molecule has 2 aromatic rings. The van der Waals surface area contributed by atoms with Gasteiger partial charge in [-0.1, -0.05) is 18.2 Å². The fourth-order valence-corrected chi connectivity index (χ4v) is 2.51. The van der Waals surface area contributed by atoms with Crippen molar-refractivity contribution in [1.29, 1.82) is 0 Å². The van der Waals surface area contributed by atoms with Gasteiger partial charge in [0.1, 0.15) is 6.33 Å². The van der Waals surface area contributed by atoms with Crippen LogP contribution in [-0.4, -0.2) is 44.0 Å². The van der Waals surface area contributed by atoms with E-state index in [-0.39, 0.29) is 6.61 Å². The minimum absolute atomic E-state index is 0.277.